The molecule has 0 radical (unpaired) electrons. The second-order valence-corrected chi connectivity index (χ2v) is 9.18. The van der Waals surface area contributed by atoms with Crippen molar-refractivity contribution in [1.29, 1.82) is 0 Å². The Bertz CT molecular complexity index is 1180. The highest BCUT2D eigenvalue weighted by Crippen LogP contribution is 2.23. The third-order valence-electron chi connectivity index (χ3n) is 5.27. The molecule has 4 rings (SSSR count). The molecule has 0 aromatic carbocycles. The van der Waals surface area contributed by atoms with Gasteiger partial charge in [0, 0.05) is 54.7 Å². The Kier molecular flexibility index (Phi) is 6.81. The van der Waals surface area contributed by atoms with Crippen molar-refractivity contribution in [2.75, 3.05) is 13.1 Å². The second kappa shape index (κ2) is 9.94. The lowest BCUT2D eigenvalue weighted by Gasteiger charge is -2.29. The minimum Gasteiger partial charge on any atom is -0.444 e. The lowest BCUT2D eigenvalue weighted by atomic mass is 10.0. The Labute approximate surface area is 198 Å². The van der Waals surface area contributed by atoms with Gasteiger partial charge in [0.1, 0.15) is 5.60 Å². The molecule has 3 aromatic heterocycles. The summed E-state index contributed by atoms with van der Waals surface area (Å²) < 4.78 is 7.08. The van der Waals surface area contributed by atoms with Crippen LogP contribution in [0, 0.1) is 0 Å². The van der Waals surface area contributed by atoms with E-state index in [2.05, 4.69) is 20.1 Å². The zero-order chi connectivity index (χ0) is 24.1. The molecule has 0 N–H and O–H groups in total. The second-order valence-electron chi connectivity index (χ2n) is 9.18. The van der Waals surface area contributed by atoms with Crippen molar-refractivity contribution in [3.63, 3.8) is 0 Å². The lowest BCUT2D eigenvalue weighted by molar-refractivity contribution is -0.119. The van der Waals surface area contributed by atoms with Gasteiger partial charge in [-0.05, 0) is 44.9 Å². The van der Waals surface area contributed by atoms with Crippen LogP contribution in [0.15, 0.2) is 55.4 Å². The van der Waals surface area contributed by atoms with E-state index in [1.165, 1.54) is 0 Å². The van der Waals surface area contributed by atoms with Crippen molar-refractivity contribution in [1.82, 2.24) is 29.6 Å². The maximum atomic E-state index is 12.6. The monoisotopic (exact) mass is 460 g/mol. The molecule has 0 saturated carbocycles. The van der Waals surface area contributed by atoms with Crippen LogP contribution in [0.1, 0.15) is 38.4 Å². The van der Waals surface area contributed by atoms with E-state index in [1.807, 2.05) is 45.2 Å². The number of Topliss-reactive ketones (excluding diaryl/α,β-unsaturated/α-hetero) is 1. The number of carbonyl (C=O) groups is 2. The summed E-state index contributed by atoms with van der Waals surface area (Å²) in [5, 5.41) is 4.34. The average Bonchev–Trinajstić information content (AvgIpc) is 3.27. The highest BCUT2D eigenvalue weighted by atomic mass is 16.6. The summed E-state index contributed by atoms with van der Waals surface area (Å²) in [6.45, 7) is 6.82. The van der Waals surface area contributed by atoms with Gasteiger partial charge in [-0.25, -0.2) is 4.79 Å². The fourth-order valence-corrected chi connectivity index (χ4v) is 3.61. The van der Waals surface area contributed by atoms with Crippen LogP contribution in [0.4, 0.5) is 4.79 Å². The third-order valence-corrected chi connectivity index (χ3v) is 5.27. The van der Waals surface area contributed by atoms with Gasteiger partial charge < -0.3 is 9.64 Å². The van der Waals surface area contributed by atoms with E-state index < -0.39 is 5.60 Å². The zero-order valence-corrected chi connectivity index (χ0v) is 19.6. The molecule has 4 heterocycles. The van der Waals surface area contributed by atoms with Crippen LogP contribution >= 0.6 is 0 Å². The van der Waals surface area contributed by atoms with Crippen molar-refractivity contribution in [3.05, 3.63) is 66.6 Å². The molecule has 0 saturated heterocycles. The molecule has 1 aliphatic rings. The van der Waals surface area contributed by atoms with Crippen LogP contribution in [-0.2, 0) is 22.5 Å². The topological polar surface area (TPSA) is 103 Å². The van der Waals surface area contributed by atoms with E-state index in [9.17, 15) is 9.59 Å². The van der Waals surface area contributed by atoms with Gasteiger partial charge >= 0.3 is 6.09 Å². The highest BCUT2D eigenvalue weighted by molar-refractivity contribution is 5.80. The van der Waals surface area contributed by atoms with Gasteiger partial charge in [-0.2, -0.15) is 5.10 Å². The molecule has 0 aliphatic carbocycles. The summed E-state index contributed by atoms with van der Waals surface area (Å²) in [4.78, 5) is 39.2. The number of rotatable bonds is 6. The quantitative estimate of drug-likeness (QED) is 0.554. The number of hydrogen-bond donors (Lipinski definition) is 0. The summed E-state index contributed by atoms with van der Waals surface area (Å²) >= 11 is 0. The Morgan fingerprint density at radius 1 is 1.06 bits per heavy atom. The van der Waals surface area contributed by atoms with Crippen LogP contribution in [-0.4, -0.2) is 60.2 Å². The number of pyridine rings is 1. The van der Waals surface area contributed by atoms with Crippen LogP contribution < -0.4 is 0 Å². The SMILES string of the molecule is CC(C)(C)OC(=O)N1CC=C(c2cnn(CC(=O)Cc3ccc(-c4cnccn4)cn3)c2)CC1. The van der Waals surface area contributed by atoms with Crippen molar-refractivity contribution in [2.24, 2.45) is 0 Å². The molecule has 0 spiro atoms. The van der Waals surface area contributed by atoms with Crippen molar-refractivity contribution in [3.8, 4) is 11.3 Å². The fraction of sp³-hybridized carbons (Fsp3) is 0.360. The number of ketones is 1. The number of aromatic nitrogens is 5. The smallest absolute Gasteiger partial charge is 0.410 e. The highest BCUT2D eigenvalue weighted by Gasteiger charge is 2.24. The third kappa shape index (κ3) is 6.12. The van der Waals surface area contributed by atoms with Crippen LogP contribution in [0.3, 0.4) is 0 Å². The molecule has 1 amide bonds. The van der Waals surface area contributed by atoms with Gasteiger partial charge in [0.05, 0.1) is 31.1 Å². The molecule has 1 aliphatic heterocycles. The molecule has 34 heavy (non-hydrogen) atoms. The lowest BCUT2D eigenvalue weighted by Crippen LogP contribution is -2.39. The maximum Gasteiger partial charge on any atom is 0.410 e. The zero-order valence-electron chi connectivity index (χ0n) is 19.6. The standard InChI is InChI=1S/C25H28N6O3/c1-25(2,3)34-24(33)30-10-6-18(7-11-30)20-14-29-31(16-20)17-22(32)12-21-5-4-19(13-28-21)23-15-26-8-9-27-23/h4-6,8-9,13-16H,7,10-12,17H2,1-3H3. The molecule has 176 valence electrons. The van der Waals surface area contributed by atoms with Crippen molar-refractivity contribution >= 4 is 17.4 Å². The summed E-state index contributed by atoms with van der Waals surface area (Å²) in [5.41, 5.74) is 3.85. The Hall–Kier alpha value is -3.88. The summed E-state index contributed by atoms with van der Waals surface area (Å²) in [5.74, 6) is 0.0168. The predicted octanol–water partition coefficient (Wildman–Crippen LogP) is 3.57. The van der Waals surface area contributed by atoms with E-state index >= 15 is 0 Å². The largest absolute Gasteiger partial charge is 0.444 e. The number of nitrogens with zero attached hydrogens (tertiary/aromatic N) is 6. The van der Waals surface area contributed by atoms with Gasteiger partial charge in [0.15, 0.2) is 5.78 Å². The van der Waals surface area contributed by atoms with Crippen LogP contribution in [0.25, 0.3) is 16.8 Å². The predicted molar refractivity (Wildman–Crippen MR) is 127 cm³/mol. The molecule has 0 unspecified atom stereocenters. The minimum absolute atomic E-state index is 0.0168. The summed E-state index contributed by atoms with van der Waals surface area (Å²) in [6.07, 6.45) is 12.9. The van der Waals surface area contributed by atoms with E-state index in [-0.39, 0.29) is 24.8 Å². The van der Waals surface area contributed by atoms with Gasteiger partial charge in [-0.1, -0.05) is 6.08 Å². The van der Waals surface area contributed by atoms with Gasteiger partial charge in [0.2, 0.25) is 0 Å². The maximum absolute atomic E-state index is 12.6. The number of hydrogen-bond acceptors (Lipinski definition) is 7. The normalized spacial score (nSPS) is 14.0. The molecular weight excluding hydrogens is 432 g/mol. The first-order chi connectivity index (χ1) is 16.3. The summed E-state index contributed by atoms with van der Waals surface area (Å²) in [7, 11) is 0. The molecule has 9 heteroatoms. The van der Waals surface area contributed by atoms with Gasteiger partial charge in [-0.15, -0.1) is 0 Å². The van der Waals surface area contributed by atoms with Gasteiger partial charge in [0.25, 0.3) is 0 Å². The molecule has 0 atom stereocenters. The molecule has 3 aromatic rings. The first kappa shape index (κ1) is 23.3. The number of carbonyl (C=O) groups excluding carboxylic acids is 2. The number of amides is 1. The van der Waals surface area contributed by atoms with Crippen molar-refractivity contribution in [2.45, 2.75) is 45.8 Å². The van der Waals surface area contributed by atoms with E-state index in [0.717, 1.165) is 22.4 Å². The van der Waals surface area contributed by atoms with E-state index in [1.54, 1.807) is 40.6 Å². The first-order valence-electron chi connectivity index (χ1n) is 11.2. The molecule has 0 bridgehead atoms. The fourth-order valence-electron chi connectivity index (χ4n) is 3.61. The first-order valence-corrected chi connectivity index (χ1v) is 11.2. The van der Waals surface area contributed by atoms with Gasteiger partial charge in [-0.3, -0.25) is 24.4 Å². The molecular formula is C25H28N6O3. The molecule has 9 nitrogen and oxygen atoms in total. The minimum atomic E-state index is -0.511. The number of ether oxygens (including phenoxy) is 1. The van der Waals surface area contributed by atoms with Crippen LogP contribution in [0.2, 0.25) is 0 Å². The Morgan fingerprint density at radius 3 is 2.56 bits per heavy atom. The molecule has 0 fully saturated rings. The summed E-state index contributed by atoms with van der Waals surface area (Å²) in [6, 6.07) is 3.72. The average molecular weight is 461 g/mol. The van der Waals surface area contributed by atoms with Crippen LogP contribution in [0.5, 0.6) is 0 Å². The van der Waals surface area contributed by atoms with E-state index in [0.29, 0.717) is 25.2 Å². The van der Waals surface area contributed by atoms with Crippen molar-refractivity contribution < 1.29 is 14.3 Å². The Balaban J connectivity index is 1.31. The Morgan fingerprint density at radius 2 is 1.91 bits per heavy atom. The van der Waals surface area contributed by atoms with E-state index in [4.69, 9.17) is 4.74 Å².